The smallest absolute Gasteiger partial charge is 0.238 e. The molecule has 1 aliphatic rings. The van der Waals surface area contributed by atoms with E-state index in [1.807, 2.05) is 4.90 Å². The molecule has 1 aromatic carbocycles. The summed E-state index contributed by atoms with van der Waals surface area (Å²) in [5.74, 6) is -0.120. The van der Waals surface area contributed by atoms with E-state index in [2.05, 4.69) is 5.32 Å². The maximum Gasteiger partial charge on any atom is 0.238 e. The van der Waals surface area contributed by atoms with Crippen molar-refractivity contribution >= 4 is 28.9 Å². The molecule has 1 aliphatic heterocycles. The highest BCUT2D eigenvalue weighted by molar-refractivity contribution is 6.33. The number of nitrogens with one attached hydrogen (secondary N) is 1. The Hall–Kier alpha value is -1.30. The van der Waals surface area contributed by atoms with Gasteiger partial charge in [-0.1, -0.05) is 11.6 Å². The second-order valence-corrected chi connectivity index (χ2v) is 4.87. The number of aliphatic hydroxyl groups is 1. The lowest BCUT2D eigenvalue weighted by Crippen LogP contribution is -2.32. The molecule has 2 rings (SSSR count). The van der Waals surface area contributed by atoms with Crippen LogP contribution in [-0.2, 0) is 4.79 Å². The first-order chi connectivity index (χ1) is 8.54. The van der Waals surface area contributed by atoms with Crippen LogP contribution in [0.2, 0.25) is 5.02 Å². The first-order valence-corrected chi connectivity index (χ1v) is 6.17. The van der Waals surface area contributed by atoms with Crippen LogP contribution in [0.4, 0.5) is 11.4 Å². The molecule has 0 aliphatic carbocycles. The predicted molar refractivity (Wildman–Crippen MR) is 71.6 cm³/mol. The van der Waals surface area contributed by atoms with Crippen molar-refractivity contribution < 1.29 is 9.90 Å². The van der Waals surface area contributed by atoms with Crippen LogP contribution in [-0.4, -0.2) is 41.7 Å². The zero-order valence-corrected chi connectivity index (χ0v) is 10.7. The molecule has 98 valence electrons. The van der Waals surface area contributed by atoms with Crippen molar-refractivity contribution in [2.75, 3.05) is 30.7 Å². The number of aliphatic hydroxyl groups excluding tert-OH is 1. The number of benzene rings is 1. The van der Waals surface area contributed by atoms with E-state index in [9.17, 15) is 9.90 Å². The number of halogens is 1. The third kappa shape index (κ3) is 3.35. The van der Waals surface area contributed by atoms with Gasteiger partial charge >= 0.3 is 0 Å². The molecule has 6 heteroatoms. The molecule has 1 amide bonds. The first-order valence-electron chi connectivity index (χ1n) is 5.80. The van der Waals surface area contributed by atoms with Gasteiger partial charge < -0.3 is 16.2 Å². The van der Waals surface area contributed by atoms with Gasteiger partial charge in [-0.15, -0.1) is 0 Å². The number of carbonyl (C=O) groups excluding carboxylic acids is 1. The van der Waals surface area contributed by atoms with Gasteiger partial charge in [-0.25, -0.2) is 0 Å². The average molecular weight is 270 g/mol. The summed E-state index contributed by atoms with van der Waals surface area (Å²) >= 11 is 5.80. The number of anilines is 2. The fourth-order valence-electron chi connectivity index (χ4n) is 1.98. The highest BCUT2D eigenvalue weighted by atomic mass is 35.5. The van der Waals surface area contributed by atoms with Gasteiger partial charge in [0.05, 0.1) is 23.4 Å². The van der Waals surface area contributed by atoms with Crippen molar-refractivity contribution in [3.63, 3.8) is 0 Å². The molecule has 0 aromatic heterocycles. The number of hydrogen-bond donors (Lipinski definition) is 3. The SMILES string of the molecule is Nc1cc(NC(=O)CN2CCC(O)C2)ccc1Cl. The summed E-state index contributed by atoms with van der Waals surface area (Å²) in [6.45, 7) is 1.58. The fourth-order valence-corrected chi connectivity index (χ4v) is 2.10. The number of nitrogens with zero attached hydrogens (tertiary/aromatic N) is 1. The van der Waals surface area contributed by atoms with Crippen LogP contribution >= 0.6 is 11.6 Å². The van der Waals surface area contributed by atoms with Gasteiger partial charge in [-0.3, -0.25) is 9.69 Å². The van der Waals surface area contributed by atoms with Crippen LogP contribution in [0.15, 0.2) is 18.2 Å². The van der Waals surface area contributed by atoms with Gasteiger partial charge in [0.15, 0.2) is 0 Å². The standard InChI is InChI=1S/C12H16ClN3O2/c13-10-2-1-8(5-11(10)14)15-12(18)7-16-4-3-9(17)6-16/h1-2,5,9,17H,3-4,6-7,14H2,(H,15,18). The molecule has 1 saturated heterocycles. The minimum atomic E-state index is -0.316. The molecule has 1 fully saturated rings. The third-order valence-electron chi connectivity index (χ3n) is 2.89. The molecular weight excluding hydrogens is 254 g/mol. The predicted octanol–water partition coefficient (Wildman–Crippen LogP) is 0.927. The Balaban J connectivity index is 1.89. The van der Waals surface area contributed by atoms with Gasteiger partial charge in [0.25, 0.3) is 0 Å². The molecular formula is C12H16ClN3O2. The van der Waals surface area contributed by atoms with Crippen LogP contribution < -0.4 is 11.1 Å². The number of β-amino-alcohol motifs (C(OH)–C–C–N with tert-alkyl or cyclic N) is 1. The molecule has 0 spiro atoms. The summed E-state index contributed by atoms with van der Waals surface area (Å²) < 4.78 is 0. The van der Waals surface area contributed by atoms with Gasteiger partial charge in [0.1, 0.15) is 0 Å². The van der Waals surface area contributed by atoms with Crippen molar-refractivity contribution in [2.24, 2.45) is 0 Å². The molecule has 0 bridgehead atoms. The molecule has 1 atom stereocenters. The van der Waals surface area contributed by atoms with E-state index in [-0.39, 0.29) is 18.6 Å². The van der Waals surface area contributed by atoms with Crippen molar-refractivity contribution in [2.45, 2.75) is 12.5 Å². The Labute approximate surface area is 111 Å². The zero-order chi connectivity index (χ0) is 13.1. The Morgan fingerprint density at radius 1 is 1.61 bits per heavy atom. The Bertz CT molecular complexity index is 453. The fraction of sp³-hybridized carbons (Fsp3) is 0.417. The summed E-state index contributed by atoms with van der Waals surface area (Å²) in [5.41, 5.74) is 6.71. The zero-order valence-electron chi connectivity index (χ0n) is 9.90. The van der Waals surface area contributed by atoms with E-state index in [0.29, 0.717) is 22.9 Å². The number of likely N-dealkylation sites (tertiary alicyclic amines) is 1. The van der Waals surface area contributed by atoms with Crippen molar-refractivity contribution in [1.82, 2.24) is 4.90 Å². The number of hydrogen-bond acceptors (Lipinski definition) is 4. The number of amides is 1. The molecule has 1 heterocycles. The van der Waals surface area contributed by atoms with E-state index >= 15 is 0 Å². The van der Waals surface area contributed by atoms with E-state index in [1.54, 1.807) is 18.2 Å². The summed E-state index contributed by atoms with van der Waals surface area (Å²) in [7, 11) is 0. The van der Waals surface area contributed by atoms with Crippen LogP contribution in [0.25, 0.3) is 0 Å². The highest BCUT2D eigenvalue weighted by Crippen LogP contribution is 2.22. The molecule has 1 unspecified atom stereocenters. The summed E-state index contributed by atoms with van der Waals surface area (Å²) in [5, 5.41) is 12.6. The number of carbonyl (C=O) groups is 1. The van der Waals surface area contributed by atoms with Crippen LogP contribution in [0.5, 0.6) is 0 Å². The largest absolute Gasteiger partial charge is 0.397 e. The van der Waals surface area contributed by atoms with E-state index in [1.165, 1.54) is 0 Å². The minimum absolute atomic E-state index is 0.120. The summed E-state index contributed by atoms with van der Waals surface area (Å²) in [6, 6.07) is 4.97. The summed E-state index contributed by atoms with van der Waals surface area (Å²) in [6.07, 6.45) is 0.408. The number of rotatable bonds is 3. The average Bonchev–Trinajstić information content (AvgIpc) is 2.69. The van der Waals surface area contributed by atoms with Gasteiger partial charge in [-0.2, -0.15) is 0 Å². The normalized spacial score (nSPS) is 20.0. The number of nitrogens with two attached hydrogens (primary N) is 1. The van der Waals surface area contributed by atoms with Crippen molar-refractivity contribution in [3.05, 3.63) is 23.2 Å². The molecule has 1 aromatic rings. The second-order valence-electron chi connectivity index (χ2n) is 4.46. The Kier molecular flexibility index (Phi) is 4.06. The maximum atomic E-state index is 11.8. The first kappa shape index (κ1) is 13.1. The van der Waals surface area contributed by atoms with E-state index in [0.717, 1.165) is 13.0 Å². The molecule has 5 nitrogen and oxygen atoms in total. The van der Waals surface area contributed by atoms with Crippen LogP contribution in [0, 0.1) is 0 Å². The van der Waals surface area contributed by atoms with Crippen molar-refractivity contribution in [3.8, 4) is 0 Å². The Morgan fingerprint density at radius 3 is 3.00 bits per heavy atom. The van der Waals surface area contributed by atoms with Crippen LogP contribution in [0.1, 0.15) is 6.42 Å². The van der Waals surface area contributed by atoms with Gasteiger partial charge in [0.2, 0.25) is 5.91 Å². The lowest BCUT2D eigenvalue weighted by Gasteiger charge is -2.14. The Morgan fingerprint density at radius 2 is 2.39 bits per heavy atom. The highest BCUT2D eigenvalue weighted by Gasteiger charge is 2.21. The van der Waals surface area contributed by atoms with Crippen LogP contribution in [0.3, 0.4) is 0 Å². The lowest BCUT2D eigenvalue weighted by molar-refractivity contribution is -0.117. The number of nitrogen functional groups attached to an aromatic ring is 1. The third-order valence-corrected chi connectivity index (χ3v) is 3.24. The van der Waals surface area contributed by atoms with Crippen molar-refractivity contribution in [1.29, 1.82) is 0 Å². The second kappa shape index (κ2) is 5.56. The van der Waals surface area contributed by atoms with Gasteiger partial charge in [-0.05, 0) is 24.6 Å². The molecule has 0 radical (unpaired) electrons. The quantitative estimate of drug-likeness (QED) is 0.713. The monoisotopic (exact) mass is 269 g/mol. The topological polar surface area (TPSA) is 78.6 Å². The van der Waals surface area contributed by atoms with E-state index in [4.69, 9.17) is 17.3 Å². The molecule has 4 N–H and O–H groups in total. The lowest BCUT2D eigenvalue weighted by atomic mass is 10.3. The minimum Gasteiger partial charge on any atom is -0.397 e. The molecule has 18 heavy (non-hydrogen) atoms. The molecule has 0 saturated carbocycles. The van der Waals surface area contributed by atoms with E-state index < -0.39 is 0 Å². The maximum absolute atomic E-state index is 11.8. The summed E-state index contributed by atoms with van der Waals surface area (Å²) in [4.78, 5) is 13.7. The van der Waals surface area contributed by atoms with Gasteiger partial charge in [0, 0.05) is 18.8 Å².